The van der Waals surface area contributed by atoms with E-state index in [2.05, 4.69) is 69.9 Å². The largest absolute Gasteiger partial charge is 0.492 e. The van der Waals surface area contributed by atoms with Gasteiger partial charge in [-0.1, -0.05) is 48.5 Å². The van der Waals surface area contributed by atoms with Crippen LogP contribution < -0.4 is 15.4 Å². The molecule has 0 unspecified atom stereocenters. The van der Waals surface area contributed by atoms with Crippen molar-refractivity contribution in [2.24, 2.45) is 0 Å². The molecular weight excluding hydrogens is 597 g/mol. The van der Waals surface area contributed by atoms with Crippen molar-refractivity contribution in [3.05, 3.63) is 105 Å². The number of piperazine rings is 1. The second kappa shape index (κ2) is 13.7. The fourth-order valence-corrected chi connectivity index (χ4v) is 6.22. The third kappa shape index (κ3) is 7.28. The van der Waals surface area contributed by atoms with Gasteiger partial charge in [0.25, 0.3) is 0 Å². The number of nitrogens with zero attached hydrogens (tertiary/aromatic N) is 1. The second-order valence-corrected chi connectivity index (χ2v) is 11.9. The van der Waals surface area contributed by atoms with Crippen LogP contribution in [0.15, 0.2) is 76.8 Å². The van der Waals surface area contributed by atoms with Gasteiger partial charge in [-0.3, -0.25) is 9.59 Å². The highest BCUT2D eigenvalue weighted by Gasteiger charge is 2.38. The predicted molar refractivity (Wildman–Crippen MR) is 167 cm³/mol. The average molecular weight is 635 g/mol. The summed E-state index contributed by atoms with van der Waals surface area (Å²) in [6, 6.07) is 20.9. The number of fused-ring (bicyclic) bond motifs is 2. The summed E-state index contributed by atoms with van der Waals surface area (Å²) in [5, 5.41) is 6.76. The van der Waals surface area contributed by atoms with Crippen LogP contribution in [-0.2, 0) is 22.4 Å². The molecule has 0 radical (unpaired) electrons. The number of hydrogen-bond donors (Lipinski definition) is 2. The summed E-state index contributed by atoms with van der Waals surface area (Å²) >= 11 is 3.40. The highest BCUT2D eigenvalue weighted by Crippen LogP contribution is 2.33. The first-order valence-electron chi connectivity index (χ1n) is 14.5. The number of hydrogen-bond acceptors (Lipinski definition) is 4. The number of ether oxygens (including phenoxy) is 1. The first kappa shape index (κ1) is 30.0. The summed E-state index contributed by atoms with van der Waals surface area (Å²) in [7, 11) is 0. The smallest absolute Gasteiger partial charge is 0.249 e. The van der Waals surface area contributed by atoms with Gasteiger partial charge in [0, 0.05) is 44.2 Å². The zero-order valence-corrected chi connectivity index (χ0v) is 25.7. The van der Waals surface area contributed by atoms with E-state index in [1.807, 2.05) is 17.0 Å². The van der Waals surface area contributed by atoms with E-state index in [4.69, 9.17) is 4.74 Å². The Morgan fingerprint density at radius 2 is 1.86 bits per heavy atom. The van der Waals surface area contributed by atoms with E-state index < -0.39 is 0 Å². The quantitative estimate of drug-likeness (QED) is 0.285. The van der Waals surface area contributed by atoms with Gasteiger partial charge in [0.15, 0.2) is 0 Å². The van der Waals surface area contributed by atoms with Crippen LogP contribution in [0.25, 0.3) is 5.57 Å². The topological polar surface area (TPSA) is 70.7 Å². The van der Waals surface area contributed by atoms with Crippen LogP contribution in [0.4, 0.5) is 4.39 Å². The summed E-state index contributed by atoms with van der Waals surface area (Å²) in [6.07, 6.45) is 3.04. The van der Waals surface area contributed by atoms with Crippen LogP contribution in [0, 0.1) is 12.7 Å². The minimum atomic E-state index is -0.325. The van der Waals surface area contributed by atoms with Gasteiger partial charge >= 0.3 is 0 Å². The van der Waals surface area contributed by atoms with Crippen molar-refractivity contribution in [2.75, 3.05) is 26.2 Å². The molecular formula is C34H37BrFN3O3. The van der Waals surface area contributed by atoms with Crippen molar-refractivity contribution >= 4 is 33.3 Å². The Labute approximate surface area is 255 Å². The number of halogens is 2. The SMILES string of the molecule is CC(=O)N1C[C@H]2CC(c3ccc(CCCOc4cc(F)ccc4Br)cc3)=C(C(=O)NCCc3ccccc3C)[C@@H](C1)N2. The molecule has 0 spiro atoms. The van der Waals surface area contributed by atoms with E-state index in [0.717, 1.165) is 40.4 Å². The molecule has 3 aromatic carbocycles. The van der Waals surface area contributed by atoms with E-state index in [9.17, 15) is 14.0 Å². The van der Waals surface area contributed by atoms with Crippen LogP contribution in [0.3, 0.4) is 0 Å². The highest BCUT2D eigenvalue weighted by atomic mass is 79.9. The molecule has 0 aromatic heterocycles. The first-order valence-corrected chi connectivity index (χ1v) is 15.3. The standard InChI is InChI=1S/C34H37BrFN3O3/c1-22-6-3-4-8-25(22)15-16-37-34(41)33-29(19-28-20-39(23(2)40)21-31(33)38-28)26-11-9-24(10-12-26)7-5-17-42-32-18-27(36)13-14-30(32)35/h3-4,6,8-14,18,28,31,38H,5,7,15-17,19-21H2,1-2H3,(H,37,41)/t28-,31-/m1/s1. The maximum atomic E-state index is 13.7. The molecule has 1 saturated heterocycles. The Balaban J connectivity index is 1.28. The number of rotatable bonds is 10. The molecule has 2 aliphatic rings. The summed E-state index contributed by atoms with van der Waals surface area (Å²) in [5.74, 6) is 0.132. The van der Waals surface area contributed by atoms with Crippen LogP contribution in [0.5, 0.6) is 5.75 Å². The maximum absolute atomic E-state index is 13.7. The van der Waals surface area contributed by atoms with E-state index in [-0.39, 0.29) is 29.7 Å². The lowest BCUT2D eigenvalue weighted by Crippen LogP contribution is -2.61. The van der Waals surface area contributed by atoms with E-state index in [1.165, 1.54) is 28.8 Å². The molecule has 6 nitrogen and oxygen atoms in total. The van der Waals surface area contributed by atoms with Crippen LogP contribution >= 0.6 is 15.9 Å². The van der Waals surface area contributed by atoms with Crippen molar-refractivity contribution in [1.29, 1.82) is 0 Å². The molecule has 1 fully saturated rings. The van der Waals surface area contributed by atoms with Crippen molar-refractivity contribution in [2.45, 2.75) is 51.6 Å². The molecule has 2 aliphatic heterocycles. The molecule has 0 saturated carbocycles. The number of carbonyl (C=O) groups excluding carboxylic acids is 2. The van der Waals surface area contributed by atoms with Gasteiger partial charge in [0.05, 0.1) is 17.1 Å². The fraction of sp³-hybridized carbons (Fsp3) is 0.353. The molecule has 8 heteroatoms. The fourth-order valence-electron chi connectivity index (χ4n) is 5.86. The molecule has 5 rings (SSSR count). The number of aryl methyl sites for hydroxylation is 2. The molecule has 3 aromatic rings. The van der Waals surface area contributed by atoms with Gasteiger partial charge in [-0.2, -0.15) is 0 Å². The maximum Gasteiger partial charge on any atom is 0.249 e. The summed E-state index contributed by atoms with van der Waals surface area (Å²) in [6.45, 7) is 5.81. The predicted octanol–water partition coefficient (Wildman–Crippen LogP) is 5.61. The van der Waals surface area contributed by atoms with Gasteiger partial charge in [0.1, 0.15) is 11.6 Å². The van der Waals surface area contributed by atoms with Gasteiger partial charge in [-0.25, -0.2) is 4.39 Å². The van der Waals surface area contributed by atoms with Gasteiger partial charge in [0.2, 0.25) is 11.8 Å². The van der Waals surface area contributed by atoms with Crippen molar-refractivity contribution < 1.29 is 18.7 Å². The third-order valence-corrected chi connectivity index (χ3v) is 8.75. The summed E-state index contributed by atoms with van der Waals surface area (Å²) < 4.78 is 20.0. The molecule has 42 heavy (non-hydrogen) atoms. The number of carbonyl (C=O) groups is 2. The number of benzene rings is 3. The Bertz CT molecular complexity index is 1470. The zero-order chi connectivity index (χ0) is 29.6. The molecule has 2 N–H and O–H groups in total. The molecule has 2 heterocycles. The molecule has 2 bridgehead atoms. The van der Waals surface area contributed by atoms with Gasteiger partial charge < -0.3 is 20.3 Å². The monoisotopic (exact) mass is 633 g/mol. The Hall–Kier alpha value is -3.49. The normalized spacial score (nSPS) is 18.1. The molecule has 2 atom stereocenters. The van der Waals surface area contributed by atoms with Crippen LogP contribution in [-0.4, -0.2) is 55.0 Å². The van der Waals surface area contributed by atoms with Gasteiger partial charge in [-0.05, 0) is 88.5 Å². The van der Waals surface area contributed by atoms with E-state index >= 15 is 0 Å². The summed E-state index contributed by atoms with van der Waals surface area (Å²) in [5.41, 5.74) is 6.42. The third-order valence-electron chi connectivity index (χ3n) is 8.10. The Morgan fingerprint density at radius 3 is 2.62 bits per heavy atom. The number of amides is 2. The highest BCUT2D eigenvalue weighted by molar-refractivity contribution is 9.10. The lowest BCUT2D eigenvalue weighted by molar-refractivity contribution is -0.131. The van der Waals surface area contributed by atoms with Crippen molar-refractivity contribution in [3.8, 4) is 5.75 Å². The molecule has 220 valence electrons. The van der Waals surface area contributed by atoms with Crippen LogP contribution in [0.1, 0.15) is 42.0 Å². The van der Waals surface area contributed by atoms with Crippen molar-refractivity contribution in [3.63, 3.8) is 0 Å². The minimum Gasteiger partial charge on any atom is -0.492 e. The van der Waals surface area contributed by atoms with Crippen LogP contribution in [0.2, 0.25) is 0 Å². The van der Waals surface area contributed by atoms with E-state index in [1.54, 1.807) is 13.0 Å². The second-order valence-electron chi connectivity index (χ2n) is 11.1. The minimum absolute atomic E-state index is 0.0346. The van der Waals surface area contributed by atoms with Crippen molar-refractivity contribution in [1.82, 2.24) is 15.5 Å². The van der Waals surface area contributed by atoms with E-state index in [0.29, 0.717) is 38.4 Å². The summed E-state index contributed by atoms with van der Waals surface area (Å²) in [4.78, 5) is 27.8. The Kier molecular flexibility index (Phi) is 9.75. The average Bonchev–Trinajstić information content (AvgIpc) is 2.97. The molecule has 0 aliphatic carbocycles. The Morgan fingerprint density at radius 1 is 1.07 bits per heavy atom. The molecule has 2 amide bonds. The number of nitrogens with one attached hydrogen (secondary N) is 2. The zero-order valence-electron chi connectivity index (χ0n) is 24.1. The lowest BCUT2D eigenvalue weighted by atomic mass is 9.83. The van der Waals surface area contributed by atoms with Gasteiger partial charge in [-0.15, -0.1) is 0 Å². The lowest BCUT2D eigenvalue weighted by Gasteiger charge is -2.44. The first-order chi connectivity index (χ1) is 20.3.